The molecule has 1 heterocycles. The predicted octanol–water partition coefficient (Wildman–Crippen LogP) is 3.67. The summed E-state index contributed by atoms with van der Waals surface area (Å²) in [5.41, 5.74) is 2.55. The molecule has 0 saturated carbocycles. The van der Waals surface area contributed by atoms with Gasteiger partial charge in [-0.3, -0.25) is 4.79 Å². The molecule has 0 unspecified atom stereocenters. The largest absolute Gasteiger partial charge is 0.497 e. The molecule has 22 heavy (non-hydrogen) atoms. The maximum atomic E-state index is 12.3. The maximum Gasteiger partial charge on any atom is 0.223 e. The Hall–Kier alpha value is -2.03. The van der Waals surface area contributed by atoms with Gasteiger partial charge in [-0.25, -0.2) is 0 Å². The number of nitrogens with zero attached hydrogens (tertiary/aromatic N) is 1. The molecule has 1 atom stereocenters. The first-order valence-corrected chi connectivity index (χ1v) is 8.04. The average Bonchev–Trinajstić information content (AvgIpc) is 3.08. The second-order valence-electron chi connectivity index (χ2n) is 6.02. The van der Waals surface area contributed by atoms with E-state index < -0.39 is 0 Å². The van der Waals surface area contributed by atoms with Crippen molar-refractivity contribution in [3.8, 4) is 5.75 Å². The van der Waals surface area contributed by atoms with Crippen LogP contribution in [0.5, 0.6) is 5.75 Å². The van der Waals surface area contributed by atoms with Gasteiger partial charge in [-0.05, 0) is 48.4 Å². The SMILES string of the molecule is COc1ccc(C2=CCN(C(=O)C[C@H]3C=CCC3)CC2)cc1. The van der Waals surface area contributed by atoms with Crippen molar-refractivity contribution in [2.75, 3.05) is 20.2 Å². The van der Waals surface area contributed by atoms with E-state index in [1.807, 2.05) is 17.0 Å². The number of methoxy groups -OCH3 is 1. The van der Waals surface area contributed by atoms with Crippen LogP contribution >= 0.6 is 0 Å². The highest BCUT2D eigenvalue weighted by molar-refractivity contribution is 5.78. The number of allylic oxidation sites excluding steroid dienone is 2. The fraction of sp³-hybridized carbons (Fsp3) is 0.421. The molecule has 0 N–H and O–H groups in total. The Bertz CT molecular complexity index is 586. The van der Waals surface area contributed by atoms with Gasteiger partial charge in [0, 0.05) is 19.5 Å². The van der Waals surface area contributed by atoms with Gasteiger partial charge >= 0.3 is 0 Å². The van der Waals surface area contributed by atoms with Crippen molar-refractivity contribution in [2.24, 2.45) is 5.92 Å². The van der Waals surface area contributed by atoms with Crippen molar-refractivity contribution in [1.82, 2.24) is 4.90 Å². The monoisotopic (exact) mass is 297 g/mol. The number of amides is 1. The van der Waals surface area contributed by atoms with Crippen molar-refractivity contribution in [3.05, 3.63) is 48.1 Å². The highest BCUT2D eigenvalue weighted by Gasteiger charge is 2.21. The summed E-state index contributed by atoms with van der Waals surface area (Å²) in [4.78, 5) is 14.3. The Morgan fingerprint density at radius 3 is 2.73 bits per heavy atom. The maximum absolute atomic E-state index is 12.3. The predicted molar refractivity (Wildman–Crippen MR) is 88.6 cm³/mol. The summed E-state index contributed by atoms with van der Waals surface area (Å²) in [5, 5.41) is 0. The van der Waals surface area contributed by atoms with Gasteiger partial charge < -0.3 is 9.64 Å². The van der Waals surface area contributed by atoms with Crippen LogP contribution in [0.25, 0.3) is 5.57 Å². The van der Waals surface area contributed by atoms with E-state index in [9.17, 15) is 4.79 Å². The van der Waals surface area contributed by atoms with E-state index in [1.165, 1.54) is 11.1 Å². The Labute approximate surface area is 132 Å². The summed E-state index contributed by atoms with van der Waals surface area (Å²) in [6.45, 7) is 1.56. The van der Waals surface area contributed by atoms with Crippen molar-refractivity contribution in [3.63, 3.8) is 0 Å². The molecule has 1 aromatic rings. The number of hydrogen-bond donors (Lipinski definition) is 0. The average molecular weight is 297 g/mol. The fourth-order valence-electron chi connectivity index (χ4n) is 3.18. The van der Waals surface area contributed by atoms with E-state index in [0.717, 1.165) is 38.1 Å². The lowest BCUT2D eigenvalue weighted by atomic mass is 9.98. The molecule has 1 aliphatic heterocycles. The molecule has 0 bridgehead atoms. The second kappa shape index (κ2) is 6.82. The summed E-state index contributed by atoms with van der Waals surface area (Å²) in [6, 6.07) is 8.15. The normalized spacial score (nSPS) is 20.9. The molecule has 0 aromatic heterocycles. The van der Waals surface area contributed by atoms with E-state index >= 15 is 0 Å². The van der Waals surface area contributed by atoms with Crippen LogP contribution in [0.15, 0.2) is 42.5 Å². The fourth-order valence-corrected chi connectivity index (χ4v) is 3.18. The van der Waals surface area contributed by atoms with Gasteiger partial charge in [0.15, 0.2) is 0 Å². The molecule has 3 rings (SSSR count). The quantitative estimate of drug-likeness (QED) is 0.794. The van der Waals surface area contributed by atoms with E-state index in [0.29, 0.717) is 18.2 Å². The Kier molecular flexibility index (Phi) is 4.62. The lowest BCUT2D eigenvalue weighted by Gasteiger charge is -2.27. The highest BCUT2D eigenvalue weighted by atomic mass is 16.5. The van der Waals surface area contributed by atoms with E-state index in [4.69, 9.17) is 4.74 Å². The summed E-state index contributed by atoms with van der Waals surface area (Å²) >= 11 is 0. The first-order valence-electron chi connectivity index (χ1n) is 8.04. The van der Waals surface area contributed by atoms with Crippen LogP contribution in [0, 0.1) is 5.92 Å². The molecule has 2 aliphatic rings. The van der Waals surface area contributed by atoms with Crippen molar-refractivity contribution in [2.45, 2.75) is 25.7 Å². The van der Waals surface area contributed by atoms with E-state index in [1.54, 1.807) is 7.11 Å². The molecule has 0 saturated heterocycles. The first kappa shape index (κ1) is 14.9. The van der Waals surface area contributed by atoms with Crippen LogP contribution < -0.4 is 4.74 Å². The van der Waals surface area contributed by atoms with Crippen LogP contribution in [0.1, 0.15) is 31.2 Å². The van der Waals surface area contributed by atoms with Crippen LogP contribution in [-0.4, -0.2) is 31.0 Å². The first-order chi connectivity index (χ1) is 10.8. The lowest BCUT2D eigenvalue weighted by Crippen LogP contribution is -2.35. The molecule has 116 valence electrons. The number of benzene rings is 1. The van der Waals surface area contributed by atoms with Crippen LogP contribution in [0.3, 0.4) is 0 Å². The third kappa shape index (κ3) is 3.41. The van der Waals surface area contributed by atoms with E-state index in [2.05, 4.69) is 30.4 Å². The zero-order valence-corrected chi connectivity index (χ0v) is 13.1. The third-order valence-electron chi connectivity index (χ3n) is 4.57. The van der Waals surface area contributed by atoms with Crippen molar-refractivity contribution in [1.29, 1.82) is 0 Å². The summed E-state index contributed by atoms with van der Waals surface area (Å²) in [6.07, 6.45) is 10.4. The Morgan fingerprint density at radius 2 is 2.14 bits per heavy atom. The number of carbonyl (C=O) groups is 1. The number of ether oxygens (including phenoxy) is 1. The molecular formula is C19H23NO2. The third-order valence-corrected chi connectivity index (χ3v) is 4.57. The minimum absolute atomic E-state index is 0.293. The van der Waals surface area contributed by atoms with Gasteiger partial charge in [0.25, 0.3) is 0 Å². The molecule has 0 fully saturated rings. The summed E-state index contributed by atoms with van der Waals surface area (Å²) < 4.78 is 5.19. The topological polar surface area (TPSA) is 29.5 Å². The Morgan fingerprint density at radius 1 is 1.32 bits per heavy atom. The van der Waals surface area contributed by atoms with E-state index in [-0.39, 0.29) is 0 Å². The molecule has 0 spiro atoms. The van der Waals surface area contributed by atoms with Gasteiger partial charge in [0.1, 0.15) is 5.75 Å². The van der Waals surface area contributed by atoms with Gasteiger partial charge in [-0.2, -0.15) is 0 Å². The molecule has 1 amide bonds. The summed E-state index contributed by atoms with van der Waals surface area (Å²) in [5.74, 6) is 1.63. The number of hydrogen-bond acceptors (Lipinski definition) is 2. The molecule has 3 heteroatoms. The number of carbonyl (C=O) groups excluding carboxylic acids is 1. The van der Waals surface area contributed by atoms with Crippen LogP contribution in [-0.2, 0) is 4.79 Å². The molecule has 3 nitrogen and oxygen atoms in total. The van der Waals surface area contributed by atoms with Gasteiger partial charge in [-0.15, -0.1) is 0 Å². The highest BCUT2D eigenvalue weighted by Crippen LogP contribution is 2.26. The minimum Gasteiger partial charge on any atom is -0.497 e. The second-order valence-corrected chi connectivity index (χ2v) is 6.02. The zero-order valence-electron chi connectivity index (χ0n) is 13.1. The molecular weight excluding hydrogens is 274 g/mol. The zero-order chi connectivity index (χ0) is 15.4. The molecule has 1 aromatic carbocycles. The summed E-state index contributed by atoms with van der Waals surface area (Å²) in [7, 11) is 1.68. The van der Waals surface area contributed by atoms with Crippen LogP contribution in [0.2, 0.25) is 0 Å². The lowest BCUT2D eigenvalue weighted by molar-refractivity contribution is -0.131. The molecule has 1 aliphatic carbocycles. The van der Waals surface area contributed by atoms with Crippen molar-refractivity contribution < 1.29 is 9.53 Å². The smallest absolute Gasteiger partial charge is 0.223 e. The standard InChI is InChI=1S/C19H23NO2/c1-22-18-8-6-16(7-9-18)17-10-12-20(13-11-17)19(21)14-15-4-2-3-5-15/h2,4,6-10,15H,3,5,11-14H2,1H3/t15-/m0/s1. The van der Waals surface area contributed by atoms with Crippen LogP contribution in [0.4, 0.5) is 0 Å². The number of rotatable bonds is 4. The minimum atomic E-state index is 0.293. The Balaban J connectivity index is 1.58. The van der Waals surface area contributed by atoms with Gasteiger partial charge in [0.05, 0.1) is 7.11 Å². The van der Waals surface area contributed by atoms with Crippen molar-refractivity contribution >= 4 is 11.5 Å². The van der Waals surface area contributed by atoms with Gasteiger partial charge in [0.2, 0.25) is 5.91 Å². The van der Waals surface area contributed by atoms with Gasteiger partial charge in [-0.1, -0.05) is 30.4 Å². The molecule has 0 radical (unpaired) electrons.